The maximum Gasteiger partial charge on any atom is 0.261 e. The van der Waals surface area contributed by atoms with Crippen LogP contribution in [0.25, 0.3) is 0 Å². The molecule has 0 aliphatic carbocycles. The number of nitrogens with zero attached hydrogens (tertiary/aromatic N) is 6. The summed E-state index contributed by atoms with van der Waals surface area (Å²) >= 11 is 0. The molecule has 0 aromatic carbocycles. The maximum absolute atomic E-state index is 12.5. The third kappa shape index (κ3) is 3.25. The van der Waals surface area contributed by atoms with E-state index in [2.05, 4.69) is 15.0 Å². The lowest BCUT2D eigenvalue weighted by Gasteiger charge is -2.28. The molecule has 1 fully saturated rings. The summed E-state index contributed by atoms with van der Waals surface area (Å²) in [6.07, 6.45) is 8.12. The lowest BCUT2D eigenvalue weighted by molar-refractivity contribution is 0.0479. The van der Waals surface area contributed by atoms with E-state index in [1.54, 1.807) is 30.2 Å². The van der Waals surface area contributed by atoms with E-state index in [9.17, 15) is 13.5 Å². The van der Waals surface area contributed by atoms with Crippen molar-refractivity contribution in [1.82, 2.24) is 23.8 Å². The first kappa shape index (κ1) is 16.8. The molecule has 3 heterocycles. The zero-order chi connectivity index (χ0) is 17.4. The number of hydrogen-bond donors (Lipinski definition) is 1. The first-order chi connectivity index (χ1) is 11.3. The highest BCUT2D eigenvalue weighted by molar-refractivity contribution is 7.89. The van der Waals surface area contributed by atoms with Crippen molar-refractivity contribution in [2.75, 3.05) is 31.6 Å². The first-order valence-electron chi connectivity index (χ1n) is 7.48. The monoisotopic (exact) mass is 352 g/mol. The Labute approximate surface area is 140 Å². The Kier molecular flexibility index (Phi) is 4.28. The Morgan fingerprint density at radius 3 is 2.79 bits per heavy atom. The molecule has 24 heavy (non-hydrogen) atoms. The normalized spacial score (nSPS) is 21.6. The maximum atomic E-state index is 12.5. The van der Waals surface area contributed by atoms with Gasteiger partial charge in [0.25, 0.3) is 10.0 Å². The Bertz CT molecular complexity index is 809. The van der Waals surface area contributed by atoms with Gasteiger partial charge < -0.3 is 14.6 Å². The van der Waals surface area contributed by atoms with E-state index in [-0.39, 0.29) is 11.6 Å². The van der Waals surface area contributed by atoms with E-state index < -0.39 is 15.6 Å². The molecule has 1 aliphatic heterocycles. The Morgan fingerprint density at radius 2 is 2.17 bits per heavy atom. The van der Waals surface area contributed by atoms with Gasteiger partial charge >= 0.3 is 0 Å². The molecule has 1 saturated heterocycles. The zero-order valence-corrected chi connectivity index (χ0v) is 14.4. The summed E-state index contributed by atoms with van der Waals surface area (Å²) < 4.78 is 27.8. The van der Waals surface area contributed by atoms with Crippen LogP contribution in [0, 0.1) is 0 Å². The standard InChI is InChI=1S/C14H20N6O3S/c1-18-8-13(17-11-18)24(22,23)19(2)9-14(21)3-6-20(10-14)12-7-15-4-5-16-12/h4-5,7-8,11,21H,3,6,9-10H2,1-2H3/t14-/m0/s1. The number of aryl methyl sites for hydroxylation is 1. The van der Waals surface area contributed by atoms with Gasteiger partial charge in [-0.2, -0.15) is 4.31 Å². The molecule has 1 atom stereocenters. The van der Waals surface area contributed by atoms with Gasteiger partial charge in [-0.3, -0.25) is 4.98 Å². The number of anilines is 1. The number of imidazole rings is 1. The molecule has 2 aromatic heterocycles. The van der Waals surface area contributed by atoms with E-state index >= 15 is 0 Å². The summed E-state index contributed by atoms with van der Waals surface area (Å²) in [5.74, 6) is 0.670. The number of sulfonamides is 1. The van der Waals surface area contributed by atoms with Crippen molar-refractivity contribution in [1.29, 1.82) is 0 Å². The predicted molar refractivity (Wildman–Crippen MR) is 86.8 cm³/mol. The van der Waals surface area contributed by atoms with Crippen molar-refractivity contribution < 1.29 is 13.5 Å². The van der Waals surface area contributed by atoms with Crippen LogP contribution >= 0.6 is 0 Å². The highest BCUT2D eigenvalue weighted by atomic mass is 32.2. The third-order valence-electron chi connectivity index (χ3n) is 4.08. The first-order valence-corrected chi connectivity index (χ1v) is 8.92. The van der Waals surface area contributed by atoms with Crippen LogP contribution in [0.15, 0.2) is 36.1 Å². The van der Waals surface area contributed by atoms with E-state index in [1.807, 2.05) is 4.90 Å². The molecule has 0 unspecified atom stereocenters. The summed E-state index contributed by atoms with van der Waals surface area (Å²) in [7, 11) is -0.576. The SMILES string of the molecule is CN(C[C@@]1(O)CCN(c2cnccn2)C1)S(=O)(=O)c1cn(C)cn1. The minimum atomic E-state index is -3.73. The molecular formula is C14H20N6O3S. The highest BCUT2D eigenvalue weighted by Gasteiger charge is 2.40. The number of aliphatic hydroxyl groups is 1. The smallest absolute Gasteiger partial charge is 0.261 e. The largest absolute Gasteiger partial charge is 0.387 e. The number of aromatic nitrogens is 4. The van der Waals surface area contributed by atoms with Crippen LogP contribution in [0.2, 0.25) is 0 Å². The van der Waals surface area contributed by atoms with Gasteiger partial charge in [-0.05, 0) is 6.42 Å². The highest BCUT2D eigenvalue weighted by Crippen LogP contribution is 2.27. The second-order valence-electron chi connectivity index (χ2n) is 6.10. The van der Waals surface area contributed by atoms with E-state index in [0.29, 0.717) is 25.3 Å². The summed E-state index contributed by atoms with van der Waals surface area (Å²) in [6, 6.07) is 0. The van der Waals surface area contributed by atoms with Crippen LogP contribution in [0.3, 0.4) is 0 Å². The van der Waals surface area contributed by atoms with E-state index in [1.165, 1.54) is 19.6 Å². The second-order valence-corrected chi connectivity index (χ2v) is 8.09. The summed E-state index contributed by atoms with van der Waals surface area (Å²) in [6.45, 7) is 0.878. The molecule has 0 amide bonds. The van der Waals surface area contributed by atoms with Crippen molar-refractivity contribution in [3.63, 3.8) is 0 Å². The van der Waals surface area contributed by atoms with Crippen LogP contribution in [0.4, 0.5) is 5.82 Å². The molecule has 0 bridgehead atoms. The molecule has 0 radical (unpaired) electrons. The molecule has 3 rings (SSSR count). The van der Waals surface area contributed by atoms with Gasteiger partial charge in [0.15, 0.2) is 5.03 Å². The molecule has 0 spiro atoms. The summed E-state index contributed by atoms with van der Waals surface area (Å²) in [4.78, 5) is 14.0. The molecule has 9 nitrogen and oxygen atoms in total. The van der Waals surface area contributed by atoms with Crippen LogP contribution in [0.1, 0.15) is 6.42 Å². The van der Waals surface area contributed by atoms with Crippen molar-refractivity contribution in [2.24, 2.45) is 7.05 Å². The average Bonchev–Trinajstić information content (AvgIpc) is 3.15. The zero-order valence-electron chi connectivity index (χ0n) is 13.6. The summed E-state index contributed by atoms with van der Waals surface area (Å²) in [5.41, 5.74) is -1.14. The molecule has 1 aliphatic rings. The number of rotatable bonds is 5. The van der Waals surface area contributed by atoms with E-state index in [0.717, 1.165) is 4.31 Å². The number of hydrogen-bond acceptors (Lipinski definition) is 7. The van der Waals surface area contributed by atoms with Gasteiger partial charge in [-0.15, -0.1) is 0 Å². The fourth-order valence-electron chi connectivity index (χ4n) is 2.82. The number of β-amino-alcohol motifs (C(OH)–C–C–N with tert-alkyl or cyclic N) is 1. The Hall–Kier alpha value is -2.04. The second kappa shape index (κ2) is 6.11. The Morgan fingerprint density at radius 1 is 1.38 bits per heavy atom. The van der Waals surface area contributed by atoms with Crippen molar-refractivity contribution in [2.45, 2.75) is 17.0 Å². The molecular weight excluding hydrogens is 332 g/mol. The average molecular weight is 352 g/mol. The molecule has 2 aromatic rings. The van der Waals surface area contributed by atoms with Gasteiger partial charge in [-0.25, -0.2) is 18.4 Å². The predicted octanol–water partition coefficient (Wildman–Crippen LogP) is -0.528. The van der Waals surface area contributed by atoms with Crippen LogP contribution < -0.4 is 4.90 Å². The van der Waals surface area contributed by atoms with Crippen molar-refractivity contribution in [3.05, 3.63) is 31.1 Å². The number of likely N-dealkylation sites (N-methyl/N-ethyl adjacent to an activating group) is 1. The fourth-order valence-corrected chi connectivity index (χ4v) is 4.03. The van der Waals surface area contributed by atoms with Crippen LogP contribution in [-0.2, 0) is 17.1 Å². The van der Waals surface area contributed by atoms with Gasteiger partial charge in [0, 0.05) is 52.3 Å². The van der Waals surface area contributed by atoms with E-state index in [4.69, 9.17) is 0 Å². The van der Waals surface area contributed by atoms with Crippen molar-refractivity contribution >= 4 is 15.8 Å². The quantitative estimate of drug-likeness (QED) is 0.771. The lowest BCUT2D eigenvalue weighted by atomic mass is 10.0. The topological polar surface area (TPSA) is 104 Å². The van der Waals surface area contributed by atoms with Gasteiger partial charge in [0.2, 0.25) is 0 Å². The molecule has 1 N–H and O–H groups in total. The summed E-state index contributed by atoms with van der Waals surface area (Å²) in [5, 5.41) is 10.8. The Balaban J connectivity index is 1.71. The third-order valence-corrected chi connectivity index (χ3v) is 5.77. The molecule has 130 valence electrons. The molecule has 0 saturated carbocycles. The van der Waals surface area contributed by atoms with Crippen LogP contribution in [-0.4, -0.2) is 69.6 Å². The molecule has 10 heteroatoms. The lowest BCUT2D eigenvalue weighted by Crippen LogP contribution is -2.45. The van der Waals surface area contributed by atoms with Gasteiger partial charge in [-0.1, -0.05) is 0 Å². The van der Waals surface area contributed by atoms with Gasteiger partial charge in [0.1, 0.15) is 5.82 Å². The van der Waals surface area contributed by atoms with Crippen molar-refractivity contribution in [3.8, 4) is 0 Å². The minimum Gasteiger partial charge on any atom is -0.387 e. The van der Waals surface area contributed by atoms with Gasteiger partial charge in [0.05, 0.1) is 18.1 Å². The minimum absolute atomic E-state index is 0.0112. The van der Waals surface area contributed by atoms with Crippen LogP contribution in [0.5, 0.6) is 0 Å². The fraction of sp³-hybridized carbons (Fsp3) is 0.500.